The van der Waals surface area contributed by atoms with E-state index in [-0.39, 0.29) is 17.6 Å². The van der Waals surface area contributed by atoms with Gasteiger partial charge >= 0.3 is 0 Å². The van der Waals surface area contributed by atoms with Gasteiger partial charge in [0, 0.05) is 48.8 Å². The molecule has 0 spiro atoms. The Morgan fingerprint density at radius 2 is 1.67 bits per heavy atom. The van der Waals surface area contributed by atoms with Gasteiger partial charge in [-0.1, -0.05) is 31.4 Å². The van der Waals surface area contributed by atoms with Crippen LogP contribution in [0.15, 0.2) is 67.0 Å². The van der Waals surface area contributed by atoms with Crippen molar-refractivity contribution in [2.24, 2.45) is 0 Å². The maximum atomic E-state index is 13.5. The standard InChI is InChI=1S/C29H33FN4O2/c30-26-9-6-22(7-10-26)12-18-33-28(35)24-8-11-27-25(20-24)21-32-15-4-2-1-3-5-19-34(27)29(36)23-13-16-31-17-14-23/h6-11,13-14,16-17,20,32H,1-5,12,15,18-19,21H2,(H,33,35). The third kappa shape index (κ3) is 6.98. The normalized spacial score (nSPS) is 14.8. The fraction of sp³-hybridized carbons (Fsp3) is 0.345. The predicted octanol–water partition coefficient (Wildman–Crippen LogP) is 4.89. The van der Waals surface area contributed by atoms with E-state index in [9.17, 15) is 14.0 Å². The average Bonchev–Trinajstić information content (AvgIpc) is 2.90. The Bertz CT molecular complexity index is 1150. The molecule has 2 amide bonds. The molecule has 2 aromatic carbocycles. The van der Waals surface area contributed by atoms with Crippen molar-refractivity contribution in [3.63, 3.8) is 0 Å². The highest BCUT2D eigenvalue weighted by atomic mass is 19.1. The Morgan fingerprint density at radius 3 is 2.47 bits per heavy atom. The maximum absolute atomic E-state index is 13.5. The van der Waals surface area contributed by atoms with Crippen molar-refractivity contribution in [1.82, 2.24) is 15.6 Å². The zero-order valence-corrected chi connectivity index (χ0v) is 20.5. The zero-order chi connectivity index (χ0) is 25.2. The third-order valence-corrected chi connectivity index (χ3v) is 6.47. The summed E-state index contributed by atoms with van der Waals surface area (Å²) in [5.74, 6) is -0.503. The molecule has 2 N–H and O–H groups in total. The minimum absolute atomic E-state index is 0.0628. The smallest absolute Gasteiger partial charge is 0.258 e. The zero-order valence-electron chi connectivity index (χ0n) is 20.5. The van der Waals surface area contributed by atoms with E-state index in [2.05, 4.69) is 15.6 Å². The Labute approximate surface area is 211 Å². The molecule has 3 aromatic rings. The van der Waals surface area contributed by atoms with E-state index in [1.54, 1.807) is 42.7 Å². The predicted molar refractivity (Wildman–Crippen MR) is 140 cm³/mol. The number of aromatic nitrogens is 1. The van der Waals surface area contributed by atoms with E-state index < -0.39 is 0 Å². The van der Waals surface area contributed by atoms with Crippen LogP contribution in [-0.4, -0.2) is 36.4 Å². The highest BCUT2D eigenvalue weighted by Crippen LogP contribution is 2.26. The van der Waals surface area contributed by atoms with Crippen LogP contribution in [0, 0.1) is 5.82 Å². The molecule has 0 saturated carbocycles. The van der Waals surface area contributed by atoms with Gasteiger partial charge in [-0.2, -0.15) is 0 Å². The van der Waals surface area contributed by atoms with Crippen LogP contribution in [0.4, 0.5) is 10.1 Å². The van der Waals surface area contributed by atoms with Crippen LogP contribution in [0.25, 0.3) is 0 Å². The highest BCUT2D eigenvalue weighted by Gasteiger charge is 2.21. The summed E-state index contributed by atoms with van der Waals surface area (Å²) in [5, 5.41) is 6.44. The van der Waals surface area contributed by atoms with Gasteiger partial charge in [0.15, 0.2) is 0 Å². The summed E-state index contributed by atoms with van der Waals surface area (Å²) >= 11 is 0. The molecular weight excluding hydrogens is 455 g/mol. The number of carbonyl (C=O) groups is 2. The maximum Gasteiger partial charge on any atom is 0.258 e. The van der Waals surface area contributed by atoms with E-state index in [1.807, 2.05) is 17.0 Å². The van der Waals surface area contributed by atoms with Gasteiger partial charge in [-0.15, -0.1) is 0 Å². The molecule has 0 radical (unpaired) electrons. The van der Waals surface area contributed by atoms with Crippen LogP contribution in [0.1, 0.15) is 63.9 Å². The second-order valence-electron chi connectivity index (χ2n) is 9.11. The van der Waals surface area contributed by atoms with Gasteiger partial charge in [0.25, 0.3) is 11.8 Å². The summed E-state index contributed by atoms with van der Waals surface area (Å²) in [6, 6.07) is 15.3. The number of anilines is 1. The van der Waals surface area contributed by atoms with Gasteiger partial charge in [-0.3, -0.25) is 14.6 Å². The van der Waals surface area contributed by atoms with Crippen LogP contribution in [-0.2, 0) is 13.0 Å². The summed E-state index contributed by atoms with van der Waals surface area (Å²) in [6.07, 6.45) is 9.30. The molecule has 0 saturated heterocycles. The Hall–Kier alpha value is -3.58. The van der Waals surface area contributed by atoms with Gasteiger partial charge in [0.05, 0.1) is 0 Å². The van der Waals surface area contributed by atoms with Gasteiger partial charge in [-0.05, 0) is 79.4 Å². The van der Waals surface area contributed by atoms with Crippen LogP contribution in [0.2, 0.25) is 0 Å². The molecule has 7 heteroatoms. The molecule has 2 heterocycles. The summed E-state index contributed by atoms with van der Waals surface area (Å²) in [5.41, 5.74) is 3.86. The number of halogens is 1. The summed E-state index contributed by atoms with van der Waals surface area (Å²) in [6.45, 7) is 2.54. The first-order chi connectivity index (χ1) is 17.6. The van der Waals surface area contributed by atoms with Crippen molar-refractivity contribution in [3.8, 4) is 0 Å². The molecule has 0 aliphatic carbocycles. The van der Waals surface area contributed by atoms with E-state index >= 15 is 0 Å². The second kappa shape index (κ2) is 12.9. The molecule has 1 aromatic heterocycles. The van der Waals surface area contributed by atoms with Crippen LogP contribution >= 0.6 is 0 Å². The van der Waals surface area contributed by atoms with E-state index in [0.29, 0.717) is 37.2 Å². The molecule has 0 atom stereocenters. The number of fused-ring (bicyclic) bond motifs is 1. The second-order valence-corrected chi connectivity index (χ2v) is 9.11. The topological polar surface area (TPSA) is 74.3 Å². The lowest BCUT2D eigenvalue weighted by Gasteiger charge is -2.27. The molecule has 36 heavy (non-hydrogen) atoms. The lowest BCUT2D eigenvalue weighted by atomic mass is 10.0. The Morgan fingerprint density at radius 1 is 0.917 bits per heavy atom. The largest absolute Gasteiger partial charge is 0.352 e. The number of benzene rings is 2. The number of pyridine rings is 1. The quantitative estimate of drug-likeness (QED) is 0.536. The van der Waals surface area contributed by atoms with Crippen molar-refractivity contribution in [2.75, 3.05) is 24.5 Å². The van der Waals surface area contributed by atoms with Gasteiger partial charge in [0.1, 0.15) is 5.82 Å². The van der Waals surface area contributed by atoms with Gasteiger partial charge in [-0.25, -0.2) is 4.39 Å². The minimum Gasteiger partial charge on any atom is -0.352 e. The number of hydrogen-bond donors (Lipinski definition) is 2. The number of nitrogens with zero attached hydrogens (tertiary/aromatic N) is 2. The highest BCUT2D eigenvalue weighted by molar-refractivity contribution is 6.06. The lowest BCUT2D eigenvalue weighted by molar-refractivity contribution is 0.0953. The monoisotopic (exact) mass is 488 g/mol. The molecule has 0 unspecified atom stereocenters. The van der Waals surface area contributed by atoms with Crippen molar-refractivity contribution >= 4 is 17.5 Å². The number of amides is 2. The molecular formula is C29H33FN4O2. The molecule has 188 valence electrons. The number of hydrogen-bond acceptors (Lipinski definition) is 4. The van der Waals surface area contributed by atoms with Crippen molar-refractivity contribution in [3.05, 3.63) is 95.1 Å². The first kappa shape index (κ1) is 25.5. The first-order valence-electron chi connectivity index (χ1n) is 12.7. The van der Waals surface area contributed by atoms with Crippen LogP contribution in [0.3, 0.4) is 0 Å². The lowest BCUT2D eigenvalue weighted by Crippen LogP contribution is -2.34. The average molecular weight is 489 g/mol. The molecule has 0 fully saturated rings. The molecule has 6 nitrogen and oxygen atoms in total. The van der Waals surface area contributed by atoms with Gasteiger partial charge in [0.2, 0.25) is 0 Å². The summed E-state index contributed by atoms with van der Waals surface area (Å²) < 4.78 is 13.1. The Balaban J connectivity index is 1.53. The third-order valence-electron chi connectivity index (χ3n) is 6.47. The number of nitrogens with one attached hydrogen (secondary N) is 2. The van der Waals surface area contributed by atoms with Crippen molar-refractivity contribution in [2.45, 2.75) is 45.1 Å². The van der Waals surface area contributed by atoms with E-state index in [1.165, 1.54) is 12.1 Å². The minimum atomic E-state index is -0.272. The molecule has 4 rings (SSSR count). The molecule has 0 bridgehead atoms. The van der Waals surface area contributed by atoms with Crippen LogP contribution in [0.5, 0.6) is 0 Å². The fourth-order valence-electron chi connectivity index (χ4n) is 4.46. The SMILES string of the molecule is O=C(NCCc1ccc(F)cc1)c1ccc2c(c1)CNCCCCCCCN2C(=O)c1ccncc1. The van der Waals surface area contributed by atoms with Gasteiger partial charge < -0.3 is 15.5 Å². The van der Waals surface area contributed by atoms with E-state index in [4.69, 9.17) is 0 Å². The van der Waals surface area contributed by atoms with E-state index in [0.717, 1.165) is 55.5 Å². The van der Waals surface area contributed by atoms with Crippen LogP contribution < -0.4 is 15.5 Å². The first-order valence-corrected chi connectivity index (χ1v) is 12.7. The summed E-state index contributed by atoms with van der Waals surface area (Å²) in [4.78, 5) is 32.3. The molecule has 1 aliphatic heterocycles. The van der Waals surface area contributed by atoms with Crippen molar-refractivity contribution in [1.29, 1.82) is 0 Å². The fourth-order valence-corrected chi connectivity index (χ4v) is 4.46. The Kier molecular flexibility index (Phi) is 9.16. The number of rotatable bonds is 5. The van der Waals surface area contributed by atoms with Crippen molar-refractivity contribution < 1.29 is 14.0 Å². The number of carbonyl (C=O) groups excluding carboxylic acids is 2. The molecule has 1 aliphatic rings. The summed E-state index contributed by atoms with van der Waals surface area (Å²) in [7, 11) is 0.